The Bertz CT molecular complexity index is 647. The predicted octanol–water partition coefficient (Wildman–Crippen LogP) is 3.97. The van der Waals surface area contributed by atoms with Crippen LogP contribution in [0, 0.1) is 5.92 Å². The SMILES string of the molecule is COc1cc(Cl)c(CN2CCC(=O)N(CC3CCCCC3)CC2)cc1OC. The number of methoxy groups -OCH3 is 2. The van der Waals surface area contributed by atoms with E-state index in [2.05, 4.69) is 9.80 Å². The van der Waals surface area contributed by atoms with Crippen LogP contribution in [0.1, 0.15) is 44.1 Å². The van der Waals surface area contributed by atoms with Gasteiger partial charge in [0, 0.05) is 50.2 Å². The maximum absolute atomic E-state index is 12.6. The Kier molecular flexibility index (Phi) is 7.25. The van der Waals surface area contributed by atoms with E-state index < -0.39 is 0 Å². The molecule has 0 atom stereocenters. The normalized spacial score (nSPS) is 19.8. The third-order valence-corrected chi connectivity index (χ3v) is 6.18. The number of hydrogen-bond donors (Lipinski definition) is 0. The first-order chi connectivity index (χ1) is 13.1. The number of rotatable bonds is 6. The highest BCUT2D eigenvalue weighted by molar-refractivity contribution is 6.31. The highest BCUT2D eigenvalue weighted by Gasteiger charge is 2.25. The van der Waals surface area contributed by atoms with Crippen LogP contribution in [0.25, 0.3) is 0 Å². The van der Waals surface area contributed by atoms with Crippen LogP contribution in [-0.2, 0) is 11.3 Å². The fourth-order valence-corrected chi connectivity index (χ4v) is 4.41. The number of nitrogens with zero attached hydrogens (tertiary/aromatic N) is 2. The Labute approximate surface area is 167 Å². The second-order valence-electron chi connectivity index (χ2n) is 7.67. The van der Waals surface area contributed by atoms with Crippen molar-refractivity contribution in [3.63, 3.8) is 0 Å². The smallest absolute Gasteiger partial charge is 0.223 e. The Hall–Kier alpha value is -1.46. The molecule has 1 aliphatic carbocycles. The van der Waals surface area contributed by atoms with Gasteiger partial charge in [0.05, 0.1) is 14.2 Å². The third-order valence-electron chi connectivity index (χ3n) is 5.83. The summed E-state index contributed by atoms with van der Waals surface area (Å²) in [6.07, 6.45) is 7.11. The van der Waals surface area contributed by atoms with Gasteiger partial charge in [-0.05, 0) is 30.4 Å². The van der Waals surface area contributed by atoms with Gasteiger partial charge in [0.25, 0.3) is 0 Å². The van der Waals surface area contributed by atoms with Gasteiger partial charge in [-0.15, -0.1) is 0 Å². The minimum atomic E-state index is 0.293. The van der Waals surface area contributed by atoms with E-state index in [1.54, 1.807) is 20.3 Å². The van der Waals surface area contributed by atoms with Gasteiger partial charge < -0.3 is 14.4 Å². The number of halogens is 1. The first-order valence-electron chi connectivity index (χ1n) is 10.0. The van der Waals surface area contributed by atoms with Crippen molar-refractivity contribution < 1.29 is 14.3 Å². The van der Waals surface area contributed by atoms with Crippen LogP contribution >= 0.6 is 11.6 Å². The minimum Gasteiger partial charge on any atom is -0.493 e. The van der Waals surface area contributed by atoms with Crippen molar-refractivity contribution in [2.24, 2.45) is 5.92 Å². The molecule has 2 fully saturated rings. The van der Waals surface area contributed by atoms with Gasteiger partial charge in [0.2, 0.25) is 5.91 Å². The molecule has 2 aliphatic rings. The summed E-state index contributed by atoms with van der Waals surface area (Å²) in [7, 11) is 3.23. The first kappa shape index (κ1) is 20.3. The summed E-state index contributed by atoms with van der Waals surface area (Å²) < 4.78 is 10.7. The molecule has 1 aromatic rings. The molecule has 0 radical (unpaired) electrons. The van der Waals surface area contributed by atoms with Crippen LogP contribution in [-0.4, -0.2) is 56.1 Å². The van der Waals surface area contributed by atoms with E-state index in [1.807, 2.05) is 6.07 Å². The molecule has 1 saturated heterocycles. The fraction of sp³-hybridized carbons (Fsp3) is 0.667. The summed E-state index contributed by atoms with van der Waals surface area (Å²) in [5, 5.41) is 0.669. The highest BCUT2D eigenvalue weighted by Crippen LogP contribution is 2.34. The van der Waals surface area contributed by atoms with Crippen LogP contribution in [0.3, 0.4) is 0 Å². The van der Waals surface area contributed by atoms with Crippen LogP contribution in [0.5, 0.6) is 11.5 Å². The molecular formula is C21H31ClN2O3. The topological polar surface area (TPSA) is 42.0 Å². The molecule has 27 heavy (non-hydrogen) atoms. The fourth-order valence-electron chi connectivity index (χ4n) is 4.20. The largest absolute Gasteiger partial charge is 0.493 e. The van der Waals surface area contributed by atoms with Crippen molar-refractivity contribution in [2.45, 2.75) is 45.1 Å². The van der Waals surface area contributed by atoms with Gasteiger partial charge >= 0.3 is 0 Å². The average Bonchev–Trinajstić information content (AvgIpc) is 2.86. The van der Waals surface area contributed by atoms with Crippen LogP contribution < -0.4 is 9.47 Å². The van der Waals surface area contributed by atoms with E-state index in [0.717, 1.165) is 31.7 Å². The van der Waals surface area contributed by atoms with Gasteiger partial charge in [-0.3, -0.25) is 9.69 Å². The lowest BCUT2D eigenvalue weighted by molar-refractivity contribution is -0.131. The molecular weight excluding hydrogens is 364 g/mol. The maximum Gasteiger partial charge on any atom is 0.223 e. The molecule has 1 heterocycles. The molecule has 0 unspecified atom stereocenters. The molecule has 1 aromatic carbocycles. The van der Waals surface area contributed by atoms with Crippen molar-refractivity contribution in [1.29, 1.82) is 0 Å². The zero-order chi connectivity index (χ0) is 19.2. The lowest BCUT2D eigenvalue weighted by Gasteiger charge is -2.29. The third kappa shape index (κ3) is 5.29. The molecule has 1 amide bonds. The second-order valence-corrected chi connectivity index (χ2v) is 8.08. The molecule has 6 heteroatoms. The van der Waals surface area contributed by atoms with E-state index in [0.29, 0.717) is 41.3 Å². The number of carbonyl (C=O) groups is 1. The van der Waals surface area contributed by atoms with Crippen molar-refractivity contribution in [3.8, 4) is 11.5 Å². The van der Waals surface area contributed by atoms with E-state index >= 15 is 0 Å². The molecule has 0 aromatic heterocycles. The Morgan fingerprint density at radius 1 is 1.04 bits per heavy atom. The van der Waals surface area contributed by atoms with Crippen LogP contribution in [0.4, 0.5) is 0 Å². The van der Waals surface area contributed by atoms with E-state index in [4.69, 9.17) is 21.1 Å². The van der Waals surface area contributed by atoms with Gasteiger partial charge in [-0.25, -0.2) is 0 Å². The van der Waals surface area contributed by atoms with Crippen molar-refractivity contribution in [1.82, 2.24) is 9.80 Å². The molecule has 3 rings (SSSR count). The zero-order valence-electron chi connectivity index (χ0n) is 16.5. The number of ether oxygens (including phenoxy) is 2. The van der Waals surface area contributed by atoms with Crippen molar-refractivity contribution in [3.05, 3.63) is 22.7 Å². The van der Waals surface area contributed by atoms with E-state index in [1.165, 1.54) is 32.1 Å². The summed E-state index contributed by atoms with van der Waals surface area (Å²) >= 11 is 6.44. The monoisotopic (exact) mass is 394 g/mol. The summed E-state index contributed by atoms with van der Waals surface area (Å²) in [5.74, 6) is 2.30. The quantitative estimate of drug-likeness (QED) is 0.732. The standard InChI is InChI=1S/C21H31ClN2O3/c1-26-19-12-17(18(22)13-20(19)27-2)15-23-9-8-21(25)24(11-10-23)14-16-6-4-3-5-7-16/h12-13,16H,3-11,14-15H2,1-2H3. The van der Waals surface area contributed by atoms with Crippen LogP contribution in [0.15, 0.2) is 12.1 Å². The number of benzene rings is 1. The van der Waals surface area contributed by atoms with Gasteiger partial charge in [-0.2, -0.15) is 0 Å². The van der Waals surface area contributed by atoms with Gasteiger partial charge in [0.1, 0.15) is 0 Å². The molecule has 5 nitrogen and oxygen atoms in total. The lowest BCUT2D eigenvalue weighted by atomic mass is 9.89. The molecule has 0 spiro atoms. The van der Waals surface area contributed by atoms with Gasteiger partial charge in [-0.1, -0.05) is 30.9 Å². The lowest BCUT2D eigenvalue weighted by Crippen LogP contribution is -2.37. The average molecular weight is 395 g/mol. The zero-order valence-corrected chi connectivity index (χ0v) is 17.3. The van der Waals surface area contributed by atoms with E-state index in [9.17, 15) is 4.79 Å². The van der Waals surface area contributed by atoms with Crippen LogP contribution in [0.2, 0.25) is 5.02 Å². The summed E-state index contributed by atoms with van der Waals surface area (Å²) in [6, 6.07) is 3.74. The Balaban J connectivity index is 1.61. The summed E-state index contributed by atoms with van der Waals surface area (Å²) in [6.45, 7) is 4.10. The van der Waals surface area contributed by atoms with Crippen molar-refractivity contribution >= 4 is 17.5 Å². The Morgan fingerprint density at radius 2 is 1.74 bits per heavy atom. The molecule has 1 saturated carbocycles. The first-order valence-corrected chi connectivity index (χ1v) is 10.4. The molecule has 1 aliphatic heterocycles. The minimum absolute atomic E-state index is 0.293. The van der Waals surface area contributed by atoms with Gasteiger partial charge in [0.15, 0.2) is 11.5 Å². The van der Waals surface area contributed by atoms with Crippen molar-refractivity contribution in [2.75, 3.05) is 40.4 Å². The maximum atomic E-state index is 12.6. The highest BCUT2D eigenvalue weighted by atomic mass is 35.5. The second kappa shape index (κ2) is 9.65. The molecule has 150 valence electrons. The molecule has 0 N–H and O–H groups in total. The summed E-state index contributed by atoms with van der Waals surface area (Å²) in [5.41, 5.74) is 1.00. The molecule has 0 bridgehead atoms. The number of hydrogen-bond acceptors (Lipinski definition) is 4. The predicted molar refractivity (Wildman–Crippen MR) is 108 cm³/mol. The summed E-state index contributed by atoms with van der Waals surface area (Å²) in [4.78, 5) is 17.0. The Morgan fingerprint density at radius 3 is 2.44 bits per heavy atom. The number of carbonyl (C=O) groups excluding carboxylic acids is 1. The van der Waals surface area contributed by atoms with E-state index in [-0.39, 0.29) is 0 Å². The number of amides is 1.